The Morgan fingerprint density at radius 3 is 2.24 bits per heavy atom. The van der Waals surface area contributed by atoms with Crippen molar-refractivity contribution in [2.24, 2.45) is 0 Å². The number of nitrogens with zero attached hydrogens (tertiary/aromatic N) is 2. The number of amides is 2. The van der Waals surface area contributed by atoms with Crippen LogP contribution in [0.3, 0.4) is 0 Å². The zero-order valence-corrected chi connectivity index (χ0v) is 21.9. The van der Waals surface area contributed by atoms with E-state index in [4.69, 9.17) is 0 Å². The number of halogens is 1. The molecule has 7 nitrogen and oxygen atoms in total. The van der Waals surface area contributed by atoms with E-state index in [2.05, 4.69) is 21.2 Å². The Hall–Kier alpha value is -2.23. The van der Waals surface area contributed by atoms with Crippen molar-refractivity contribution in [3.8, 4) is 0 Å². The fourth-order valence-electron chi connectivity index (χ4n) is 3.16. The topological polar surface area (TPSA) is 86.8 Å². The van der Waals surface area contributed by atoms with Gasteiger partial charge >= 0.3 is 0 Å². The van der Waals surface area contributed by atoms with Crippen molar-refractivity contribution in [2.45, 2.75) is 51.1 Å². The van der Waals surface area contributed by atoms with E-state index < -0.39 is 22.0 Å². The first-order valence-corrected chi connectivity index (χ1v) is 13.1. The molecule has 0 heterocycles. The highest BCUT2D eigenvalue weighted by atomic mass is 79.9. The minimum absolute atomic E-state index is 0.119. The van der Waals surface area contributed by atoms with Gasteiger partial charge in [0, 0.05) is 24.6 Å². The number of carbonyl (C=O) groups excluding carboxylic acids is 2. The summed E-state index contributed by atoms with van der Waals surface area (Å²) in [6, 6.07) is 13.2. The summed E-state index contributed by atoms with van der Waals surface area (Å²) in [5.41, 5.74) is 1.78. The minimum atomic E-state index is -3.85. The quantitative estimate of drug-likeness (QED) is 0.442. The Labute approximate surface area is 205 Å². The maximum atomic E-state index is 13.3. The number of hydrogen-bond acceptors (Lipinski definition) is 4. The van der Waals surface area contributed by atoms with Crippen LogP contribution in [0.25, 0.3) is 0 Å². The summed E-state index contributed by atoms with van der Waals surface area (Å²) in [5, 5.41) is 2.86. The summed E-state index contributed by atoms with van der Waals surface area (Å²) in [6.07, 6.45) is 1.79. The molecule has 0 aliphatic carbocycles. The van der Waals surface area contributed by atoms with Gasteiger partial charge < -0.3 is 10.2 Å². The SMILES string of the molecule is CCCCNC(=O)[C@@H](C)N(Cc1ccc(Br)cc1)C(=O)CN(C)S(=O)(=O)c1ccc(C)cc1. The second-order valence-corrected chi connectivity index (χ2v) is 11.0. The lowest BCUT2D eigenvalue weighted by molar-refractivity contribution is -0.140. The lowest BCUT2D eigenvalue weighted by atomic mass is 10.1. The number of rotatable bonds is 11. The third kappa shape index (κ3) is 7.65. The van der Waals surface area contributed by atoms with Crippen molar-refractivity contribution in [3.63, 3.8) is 0 Å². The third-order valence-electron chi connectivity index (χ3n) is 5.35. The van der Waals surface area contributed by atoms with Gasteiger partial charge in [0.25, 0.3) is 0 Å². The minimum Gasteiger partial charge on any atom is -0.354 e. The van der Waals surface area contributed by atoms with E-state index in [0.29, 0.717) is 6.54 Å². The van der Waals surface area contributed by atoms with Crippen molar-refractivity contribution >= 4 is 37.8 Å². The summed E-state index contributed by atoms with van der Waals surface area (Å²) >= 11 is 3.39. The van der Waals surface area contributed by atoms with Crippen LogP contribution in [0.5, 0.6) is 0 Å². The van der Waals surface area contributed by atoms with Gasteiger partial charge in [-0.05, 0) is 50.1 Å². The molecule has 0 bridgehead atoms. The van der Waals surface area contributed by atoms with Crippen LogP contribution in [0.2, 0.25) is 0 Å². The number of nitrogens with one attached hydrogen (secondary N) is 1. The Morgan fingerprint density at radius 2 is 1.67 bits per heavy atom. The van der Waals surface area contributed by atoms with Crippen molar-refractivity contribution in [2.75, 3.05) is 20.1 Å². The Balaban J connectivity index is 2.22. The molecule has 2 rings (SSSR count). The largest absolute Gasteiger partial charge is 0.354 e. The van der Waals surface area contributed by atoms with E-state index in [1.807, 2.05) is 38.1 Å². The van der Waals surface area contributed by atoms with Crippen LogP contribution < -0.4 is 5.32 Å². The highest BCUT2D eigenvalue weighted by Crippen LogP contribution is 2.17. The number of unbranched alkanes of at least 4 members (excludes halogenated alkanes) is 1. The zero-order valence-electron chi connectivity index (χ0n) is 19.5. The highest BCUT2D eigenvalue weighted by molar-refractivity contribution is 9.10. The van der Waals surface area contributed by atoms with Gasteiger partial charge in [0.2, 0.25) is 21.8 Å². The molecule has 0 radical (unpaired) electrons. The summed E-state index contributed by atoms with van der Waals surface area (Å²) in [7, 11) is -2.48. The second kappa shape index (κ2) is 12.3. The van der Waals surface area contributed by atoms with Crippen LogP contribution in [-0.4, -0.2) is 55.6 Å². The molecule has 0 saturated heterocycles. The molecule has 180 valence electrons. The molecule has 1 N–H and O–H groups in total. The molecule has 0 unspecified atom stereocenters. The highest BCUT2D eigenvalue weighted by Gasteiger charge is 2.30. The van der Waals surface area contributed by atoms with Gasteiger partial charge in [-0.1, -0.05) is 59.1 Å². The molecule has 0 fully saturated rings. The standard InChI is InChI=1S/C24H32BrN3O4S/c1-5-6-15-26-24(30)19(3)28(16-20-9-11-21(25)12-10-20)23(29)17-27(4)33(31,32)22-13-7-18(2)8-14-22/h7-14,19H,5-6,15-17H2,1-4H3,(H,26,30)/t19-/m1/s1. The first-order valence-electron chi connectivity index (χ1n) is 10.9. The van der Waals surface area contributed by atoms with Crippen LogP contribution in [0, 0.1) is 6.92 Å². The maximum Gasteiger partial charge on any atom is 0.243 e. The monoisotopic (exact) mass is 537 g/mol. The third-order valence-corrected chi connectivity index (χ3v) is 7.70. The van der Waals surface area contributed by atoms with Crippen molar-refractivity contribution < 1.29 is 18.0 Å². The predicted molar refractivity (Wildman–Crippen MR) is 133 cm³/mol. The molecule has 33 heavy (non-hydrogen) atoms. The van der Waals surface area contributed by atoms with Crippen molar-refractivity contribution in [1.29, 1.82) is 0 Å². The molecule has 2 aromatic rings. The number of likely N-dealkylation sites (N-methyl/N-ethyl adjacent to an activating group) is 1. The molecule has 2 aromatic carbocycles. The number of carbonyl (C=O) groups is 2. The Kier molecular flexibility index (Phi) is 10.1. The van der Waals surface area contributed by atoms with E-state index in [1.54, 1.807) is 19.1 Å². The van der Waals surface area contributed by atoms with E-state index in [0.717, 1.165) is 32.7 Å². The van der Waals surface area contributed by atoms with Gasteiger partial charge in [-0.15, -0.1) is 0 Å². The summed E-state index contributed by atoms with van der Waals surface area (Å²) < 4.78 is 27.8. The average Bonchev–Trinajstić information content (AvgIpc) is 2.78. The maximum absolute atomic E-state index is 13.3. The fourth-order valence-corrected chi connectivity index (χ4v) is 4.55. The second-order valence-electron chi connectivity index (χ2n) is 8.04. The zero-order chi connectivity index (χ0) is 24.6. The lowest BCUT2D eigenvalue weighted by Gasteiger charge is -2.30. The van der Waals surface area contributed by atoms with Crippen LogP contribution in [-0.2, 0) is 26.2 Å². The fraction of sp³-hybridized carbons (Fsp3) is 0.417. The van der Waals surface area contributed by atoms with E-state index >= 15 is 0 Å². The first kappa shape index (κ1) is 27.0. The van der Waals surface area contributed by atoms with Crippen LogP contribution in [0.4, 0.5) is 0 Å². The van der Waals surface area contributed by atoms with E-state index in [1.165, 1.54) is 24.1 Å². The predicted octanol–water partition coefficient (Wildman–Crippen LogP) is 3.71. The number of benzene rings is 2. The molecular formula is C24H32BrN3O4S. The smallest absolute Gasteiger partial charge is 0.243 e. The van der Waals surface area contributed by atoms with E-state index in [9.17, 15) is 18.0 Å². The molecule has 2 amide bonds. The molecule has 9 heteroatoms. The van der Waals surface area contributed by atoms with Crippen LogP contribution in [0.1, 0.15) is 37.8 Å². The van der Waals surface area contributed by atoms with Crippen LogP contribution >= 0.6 is 15.9 Å². The van der Waals surface area contributed by atoms with Gasteiger partial charge in [0.1, 0.15) is 6.04 Å². The molecule has 0 aliphatic rings. The number of hydrogen-bond donors (Lipinski definition) is 1. The van der Waals surface area contributed by atoms with Crippen LogP contribution in [0.15, 0.2) is 57.9 Å². The van der Waals surface area contributed by atoms with Crippen molar-refractivity contribution in [1.82, 2.24) is 14.5 Å². The van der Waals surface area contributed by atoms with Gasteiger partial charge in [0.15, 0.2) is 0 Å². The van der Waals surface area contributed by atoms with Crippen molar-refractivity contribution in [3.05, 3.63) is 64.1 Å². The molecule has 0 saturated carbocycles. The normalized spacial score (nSPS) is 12.4. The average molecular weight is 539 g/mol. The summed E-state index contributed by atoms with van der Waals surface area (Å²) in [4.78, 5) is 27.5. The Bertz CT molecular complexity index is 1040. The molecule has 0 aromatic heterocycles. The van der Waals surface area contributed by atoms with Gasteiger partial charge in [-0.3, -0.25) is 9.59 Å². The summed E-state index contributed by atoms with van der Waals surface area (Å²) in [6.45, 7) is 5.90. The number of sulfonamides is 1. The summed E-state index contributed by atoms with van der Waals surface area (Å²) in [5.74, 6) is -0.716. The molecular weight excluding hydrogens is 506 g/mol. The van der Waals surface area contributed by atoms with E-state index in [-0.39, 0.29) is 23.9 Å². The van der Waals surface area contributed by atoms with Gasteiger partial charge in [-0.2, -0.15) is 4.31 Å². The first-order chi connectivity index (χ1) is 15.6. The molecule has 0 spiro atoms. The molecule has 0 aliphatic heterocycles. The Morgan fingerprint density at radius 1 is 1.06 bits per heavy atom. The molecule has 1 atom stereocenters. The lowest BCUT2D eigenvalue weighted by Crippen LogP contribution is -2.50. The van der Waals surface area contributed by atoms with Gasteiger partial charge in [0.05, 0.1) is 11.4 Å². The number of aryl methyl sites for hydroxylation is 1. The van der Waals surface area contributed by atoms with Gasteiger partial charge in [-0.25, -0.2) is 8.42 Å².